The van der Waals surface area contributed by atoms with Crippen LogP contribution in [0.3, 0.4) is 0 Å². The molecule has 1 aliphatic rings. The van der Waals surface area contributed by atoms with E-state index in [1.54, 1.807) is 0 Å². The first-order valence-corrected chi connectivity index (χ1v) is 4.92. The lowest BCUT2D eigenvalue weighted by Gasteiger charge is -2.15. The molecule has 0 aromatic heterocycles. The van der Waals surface area contributed by atoms with E-state index in [4.69, 9.17) is 0 Å². The van der Waals surface area contributed by atoms with Gasteiger partial charge in [-0.3, -0.25) is 4.90 Å². The lowest BCUT2D eigenvalue weighted by molar-refractivity contribution is 0.358. The van der Waals surface area contributed by atoms with Crippen LogP contribution in [-0.2, 0) is 0 Å². The maximum Gasteiger partial charge on any atom is 0.0233 e. The normalized spacial score (nSPS) is 24.7. The summed E-state index contributed by atoms with van der Waals surface area (Å²) in [5.41, 5.74) is 1.27. The van der Waals surface area contributed by atoms with Crippen LogP contribution >= 0.6 is 0 Å². The fourth-order valence-electron chi connectivity index (χ4n) is 1.76. The van der Waals surface area contributed by atoms with Gasteiger partial charge < -0.3 is 0 Å². The summed E-state index contributed by atoms with van der Waals surface area (Å²) in [7, 11) is 0. The van der Waals surface area contributed by atoms with Gasteiger partial charge in [-0.2, -0.15) is 0 Å². The lowest BCUT2D eigenvalue weighted by Crippen LogP contribution is -2.22. The molecular formula is C12H19N. The fraction of sp³-hybridized carbons (Fsp3) is 0.500. The van der Waals surface area contributed by atoms with Crippen molar-refractivity contribution in [1.82, 2.24) is 4.90 Å². The van der Waals surface area contributed by atoms with E-state index in [0.717, 1.165) is 12.5 Å². The van der Waals surface area contributed by atoms with Gasteiger partial charge in [0.05, 0.1) is 0 Å². The molecule has 0 amide bonds. The summed E-state index contributed by atoms with van der Waals surface area (Å²) < 4.78 is 0. The molecule has 0 spiro atoms. The monoisotopic (exact) mass is 177 g/mol. The molecule has 1 saturated heterocycles. The smallest absolute Gasteiger partial charge is 0.0233 e. The average molecular weight is 177 g/mol. The number of allylic oxidation sites excluding steroid dienone is 2. The summed E-state index contributed by atoms with van der Waals surface area (Å²) in [5, 5.41) is 0. The third kappa shape index (κ3) is 3.19. The topological polar surface area (TPSA) is 3.24 Å². The SMILES string of the molecule is C=C/C=C(\C=C)CN1CC[C@H](C)C1. The van der Waals surface area contributed by atoms with Crippen molar-refractivity contribution in [2.24, 2.45) is 5.92 Å². The molecule has 1 nitrogen and oxygen atoms in total. The Morgan fingerprint density at radius 1 is 1.54 bits per heavy atom. The van der Waals surface area contributed by atoms with Crippen LogP contribution in [0.1, 0.15) is 13.3 Å². The molecular weight excluding hydrogens is 158 g/mol. The van der Waals surface area contributed by atoms with Gasteiger partial charge >= 0.3 is 0 Å². The molecule has 1 aliphatic heterocycles. The van der Waals surface area contributed by atoms with Crippen molar-refractivity contribution < 1.29 is 0 Å². The van der Waals surface area contributed by atoms with Gasteiger partial charge in [0.1, 0.15) is 0 Å². The number of hydrogen-bond acceptors (Lipinski definition) is 1. The zero-order valence-electron chi connectivity index (χ0n) is 8.50. The van der Waals surface area contributed by atoms with Gasteiger partial charge in [0, 0.05) is 13.1 Å². The summed E-state index contributed by atoms with van der Waals surface area (Å²) in [6, 6.07) is 0. The van der Waals surface area contributed by atoms with Gasteiger partial charge in [-0.15, -0.1) is 0 Å². The van der Waals surface area contributed by atoms with Gasteiger partial charge in [-0.05, 0) is 24.5 Å². The van der Waals surface area contributed by atoms with E-state index in [1.807, 2.05) is 18.2 Å². The summed E-state index contributed by atoms with van der Waals surface area (Å²) in [5.74, 6) is 0.856. The number of likely N-dealkylation sites (tertiary alicyclic amines) is 1. The van der Waals surface area contributed by atoms with Crippen LogP contribution in [-0.4, -0.2) is 24.5 Å². The first kappa shape index (κ1) is 10.3. The zero-order valence-corrected chi connectivity index (χ0v) is 8.50. The van der Waals surface area contributed by atoms with E-state index < -0.39 is 0 Å². The van der Waals surface area contributed by atoms with Crippen LogP contribution in [0.4, 0.5) is 0 Å². The summed E-state index contributed by atoms with van der Waals surface area (Å²) in [4.78, 5) is 2.47. The molecule has 1 heteroatoms. The number of rotatable bonds is 4. The predicted octanol–water partition coefficient (Wildman–Crippen LogP) is 2.63. The Labute approximate surface area is 81.4 Å². The predicted molar refractivity (Wildman–Crippen MR) is 58.7 cm³/mol. The molecule has 13 heavy (non-hydrogen) atoms. The fourth-order valence-corrected chi connectivity index (χ4v) is 1.76. The molecule has 0 unspecified atom stereocenters. The molecule has 1 rings (SSSR count). The van der Waals surface area contributed by atoms with Crippen LogP contribution in [0.25, 0.3) is 0 Å². The number of hydrogen-bond donors (Lipinski definition) is 0. The van der Waals surface area contributed by atoms with Crippen LogP contribution in [0.5, 0.6) is 0 Å². The molecule has 0 N–H and O–H groups in total. The van der Waals surface area contributed by atoms with Gasteiger partial charge in [0.2, 0.25) is 0 Å². The van der Waals surface area contributed by atoms with E-state index >= 15 is 0 Å². The van der Waals surface area contributed by atoms with E-state index in [2.05, 4.69) is 25.0 Å². The Bertz CT molecular complexity index is 215. The Hall–Kier alpha value is -0.820. The first-order chi connectivity index (χ1) is 6.26. The summed E-state index contributed by atoms with van der Waals surface area (Å²) in [6.07, 6.45) is 7.12. The Morgan fingerprint density at radius 2 is 2.31 bits per heavy atom. The molecule has 0 bridgehead atoms. The Morgan fingerprint density at radius 3 is 2.77 bits per heavy atom. The van der Waals surface area contributed by atoms with Crippen LogP contribution in [0.15, 0.2) is 37.0 Å². The largest absolute Gasteiger partial charge is 0.299 e. The highest BCUT2D eigenvalue weighted by atomic mass is 15.1. The van der Waals surface area contributed by atoms with E-state index in [1.165, 1.54) is 25.1 Å². The third-order valence-electron chi connectivity index (χ3n) is 2.51. The minimum Gasteiger partial charge on any atom is -0.299 e. The highest BCUT2D eigenvalue weighted by Crippen LogP contribution is 2.16. The van der Waals surface area contributed by atoms with Crippen molar-refractivity contribution in [3.63, 3.8) is 0 Å². The van der Waals surface area contributed by atoms with Crippen molar-refractivity contribution in [2.75, 3.05) is 19.6 Å². The van der Waals surface area contributed by atoms with Gasteiger partial charge in [-0.1, -0.05) is 38.3 Å². The van der Waals surface area contributed by atoms with Crippen molar-refractivity contribution in [3.8, 4) is 0 Å². The minimum absolute atomic E-state index is 0.856. The highest BCUT2D eigenvalue weighted by molar-refractivity contribution is 5.22. The Balaban J connectivity index is 2.42. The standard InChI is InChI=1S/C12H19N/c1-4-6-12(5-2)10-13-8-7-11(3)9-13/h4-6,11H,1-2,7-10H2,3H3/b12-6+/t11-/m0/s1. The Kier molecular flexibility index (Phi) is 3.97. The molecule has 0 aromatic carbocycles. The van der Waals surface area contributed by atoms with Gasteiger partial charge in [-0.25, -0.2) is 0 Å². The summed E-state index contributed by atoms with van der Waals surface area (Å²) >= 11 is 0. The molecule has 1 fully saturated rings. The average Bonchev–Trinajstić information content (AvgIpc) is 2.50. The maximum absolute atomic E-state index is 3.80. The second-order valence-electron chi connectivity index (χ2n) is 3.81. The van der Waals surface area contributed by atoms with Gasteiger partial charge in [0.25, 0.3) is 0 Å². The van der Waals surface area contributed by atoms with Crippen LogP contribution in [0.2, 0.25) is 0 Å². The lowest BCUT2D eigenvalue weighted by atomic mass is 10.2. The van der Waals surface area contributed by atoms with Gasteiger partial charge in [0.15, 0.2) is 0 Å². The first-order valence-electron chi connectivity index (χ1n) is 4.92. The second kappa shape index (κ2) is 5.03. The van der Waals surface area contributed by atoms with Crippen LogP contribution in [0, 0.1) is 5.92 Å². The van der Waals surface area contributed by atoms with Crippen molar-refractivity contribution in [1.29, 1.82) is 0 Å². The third-order valence-corrected chi connectivity index (χ3v) is 2.51. The second-order valence-corrected chi connectivity index (χ2v) is 3.81. The molecule has 0 saturated carbocycles. The molecule has 1 heterocycles. The van der Waals surface area contributed by atoms with Crippen molar-refractivity contribution in [2.45, 2.75) is 13.3 Å². The van der Waals surface area contributed by atoms with E-state index in [9.17, 15) is 0 Å². The minimum atomic E-state index is 0.856. The molecule has 0 aliphatic carbocycles. The summed E-state index contributed by atoms with van der Waals surface area (Å²) in [6.45, 7) is 13.3. The van der Waals surface area contributed by atoms with E-state index in [-0.39, 0.29) is 0 Å². The molecule has 0 radical (unpaired) electrons. The quantitative estimate of drug-likeness (QED) is 0.597. The maximum atomic E-state index is 3.80. The van der Waals surface area contributed by atoms with Crippen molar-refractivity contribution in [3.05, 3.63) is 37.0 Å². The number of nitrogens with zero attached hydrogens (tertiary/aromatic N) is 1. The molecule has 0 aromatic rings. The highest BCUT2D eigenvalue weighted by Gasteiger charge is 2.18. The molecule has 72 valence electrons. The van der Waals surface area contributed by atoms with Crippen molar-refractivity contribution >= 4 is 0 Å². The molecule has 1 atom stereocenters. The zero-order chi connectivity index (χ0) is 9.68. The van der Waals surface area contributed by atoms with Crippen LogP contribution < -0.4 is 0 Å². The van der Waals surface area contributed by atoms with E-state index in [0.29, 0.717) is 0 Å².